The van der Waals surface area contributed by atoms with Crippen molar-refractivity contribution in [1.82, 2.24) is 0 Å². The molecule has 0 bridgehead atoms. The van der Waals surface area contributed by atoms with Crippen molar-refractivity contribution in [2.75, 3.05) is 26.9 Å². The molecule has 0 aromatic heterocycles. The van der Waals surface area contributed by atoms with Gasteiger partial charge in [-0.2, -0.15) is 8.78 Å². The van der Waals surface area contributed by atoms with E-state index in [9.17, 15) is 13.6 Å². The molecular weight excluding hydrogens is 430 g/mol. The maximum Gasteiger partial charge on any atom is 0.400 e. The number of carbonyl (C=O) groups excluding carboxylic acids is 1. The Morgan fingerprint density at radius 3 is 2.39 bits per heavy atom. The van der Waals surface area contributed by atoms with Gasteiger partial charge in [0.05, 0.1) is 31.3 Å². The summed E-state index contributed by atoms with van der Waals surface area (Å²) in [4.78, 5) is 11.8. The maximum atomic E-state index is 14.9. The fourth-order valence-corrected chi connectivity index (χ4v) is 4.35. The summed E-state index contributed by atoms with van der Waals surface area (Å²) in [7, 11) is 1.56. The normalized spacial score (nSPS) is 19.7. The molecule has 1 fully saturated rings. The molecule has 0 aliphatic heterocycles. The van der Waals surface area contributed by atoms with Crippen molar-refractivity contribution in [3.05, 3.63) is 42.0 Å². The van der Waals surface area contributed by atoms with E-state index < -0.39 is 24.6 Å². The molecule has 0 radical (unpaired) electrons. The fourth-order valence-electron chi connectivity index (χ4n) is 4.35. The number of hydrogen-bond acceptors (Lipinski definition) is 5. The van der Waals surface area contributed by atoms with E-state index in [-0.39, 0.29) is 29.8 Å². The molecular formula is C26H38F2O5. The summed E-state index contributed by atoms with van der Waals surface area (Å²) in [5.41, 5.74) is 1.12. The smallest absolute Gasteiger partial charge is 0.400 e. The van der Waals surface area contributed by atoms with Crippen molar-refractivity contribution in [3.8, 4) is 5.75 Å². The molecule has 1 aromatic carbocycles. The minimum atomic E-state index is -3.24. The number of rotatable bonds is 14. The molecule has 1 aromatic rings. The van der Waals surface area contributed by atoms with Crippen LogP contribution in [0.3, 0.4) is 0 Å². The Labute approximate surface area is 196 Å². The van der Waals surface area contributed by atoms with Crippen molar-refractivity contribution < 1.29 is 32.9 Å². The Morgan fingerprint density at radius 1 is 1.15 bits per heavy atom. The lowest BCUT2D eigenvalue weighted by Gasteiger charge is -2.36. The summed E-state index contributed by atoms with van der Waals surface area (Å²) in [6.45, 7) is 5.61. The van der Waals surface area contributed by atoms with Crippen molar-refractivity contribution in [1.29, 1.82) is 0 Å². The zero-order valence-corrected chi connectivity index (χ0v) is 19.9. The fraction of sp³-hybridized carbons (Fsp3) is 0.654. The minimum absolute atomic E-state index is 0.0133. The third kappa shape index (κ3) is 8.70. The van der Waals surface area contributed by atoms with E-state index in [1.165, 1.54) is 0 Å². The number of aryl methyl sites for hydroxylation is 1. The number of ether oxygens (including phenoxy) is 3. The predicted octanol–water partition coefficient (Wildman–Crippen LogP) is 5.55. The van der Waals surface area contributed by atoms with E-state index in [2.05, 4.69) is 13.5 Å². The van der Waals surface area contributed by atoms with Crippen LogP contribution in [0.4, 0.5) is 8.78 Å². The van der Waals surface area contributed by atoms with E-state index in [1.54, 1.807) is 19.2 Å². The number of aliphatic hydroxyl groups is 1. The van der Waals surface area contributed by atoms with Gasteiger partial charge in [0.15, 0.2) is 0 Å². The summed E-state index contributed by atoms with van der Waals surface area (Å²) in [5.74, 6) is -1.31. The molecule has 0 amide bonds. The molecule has 2 rings (SSSR count). The Morgan fingerprint density at radius 2 is 1.82 bits per heavy atom. The second kappa shape index (κ2) is 13.7. The van der Waals surface area contributed by atoms with Gasteiger partial charge in [-0.15, -0.1) is 0 Å². The molecule has 33 heavy (non-hydrogen) atoms. The first-order valence-corrected chi connectivity index (χ1v) is 11.9. The van der Waals surface area contributed by atoms with Crippen LogP contribution in [-0.4, -0.2) is 44.1 Å². The van der Waals surface area contributed by atoms with Crippen molar-refractivity contribution in [2.24, 2.45) is 17.8 Å². The van der Waals surface area contributed by atoms with Crippen molar-refractivity contribution in [2.45, 2.75) is 64.4 Å². The Bertz CT molecular complexity index is 727. The highest BCUT2D eigenvalue weighted by atomic mass is 19.3. The molecule has 0 spiro atoms. The number of halogens is 2. The van der Waals surface area contributed by atoms with Crippen LogP contribution in [-0.2, 0) is 20.7 Å². The number of carbonyl (C=O) groups is 1. The summed E-state index contributed by atoms with van der Waals surface area (Å²) in [5, 5.41) is 8.98. The number of unbranched alkanes of at least 4 members (excludes halogenated alkanes) is 2. The van der Waals surface area contributed by atoms with Gasteiger partial charge in [0.25, 0.3) is 0 Å². The molecule has 1 N–H and O–H groups in total. The van der Waals surface area contributed by atoms with Crippen molar-refractivity contribution >= 4 is 5.97 Å². The molecule has 1 aliphatic rings. The van der Waals surface area contributed by atoms with Gasteiger partial charge in [-0.05, 0) is 62.1 Å². The van der Waals surface area contributed by atoms with Gasteiger partial charge in [-0.1, -0.05) is 38.5 Å². The Balaban J connectivity index is 1.86. The van der Waals surface area contributed by atoms with Gasteiger partial charge in [0.2, 0.25) is 0 Å². The van der Waals surface area contributed by atoms with E-state index in [0.29, 0.717) is 32.3 Å². The molecule has 1 unspecified atom stereocenters. The topological polar surface area (TPSA) is 65.0 Å². The zero-order valence-electron chi connectivity index (χ0n) is 19.9. The van der Waals surface area contributed by atoms with Crippen LogP contribution in [0.2, 0.25) is 0 Å². The third-order valence-electron chi connectivity index (χ3n) is 6.45. The first-order chi connectivity index (χ1) is 15.8. The molecule has 5 nitrogen and oxygen atoms in total. The van der Waals surface area contributed by atoms with Gasteiger partial charge >= 0.3 is 12.1 Å². The lowest BCUT2D eigenvalue weighted by molar-refractivity contribution is -0.224. The van der Waals surface area contributed by atoms with E-state index in [0.717, 1.165) is 31.2 Å². The van der Waals surface area contributed by atoms with Gasteiger partial charge in [-0.25, -0.2) is 4.79 Å². The highest BCUT2D eigenvalue weighted by molar-refractivity contribution is 5.87. The highest BCUT2D eigenvalue weighted by Gasteiger charge is 2.45. The second-order valence-electron chi connectivity index (χ2n) is 8.95. The standard InChI is InChI=1S/C26H38F2O5/c1-4-5-6-7-20-8-14-24(15-9-20)33-26(27,28)23-12-10-21(11-13-23)22(17-31-3)18-32-25(30)19(2)16-29/h8-9,14-15,21-23,29H,2,4-7,10-13,16-18H2,1,3H3. The van der Waals surface area contributed by atoms with E-state index >= 15 is 0 Å². The highest BCUT2D eigenvalue weighted by Crippen LogP contribution is 2.42. The van der Waals surface area contributed by atoms with Gasteiger partial charge in [-0.3, -0.25) is 0 Å². The van der Waals surface area contributed by atoms with Crippen LogP contribution >= 0.6 is 0 Å². The monoisotopic (exact) mass is 468 g/mol. The van der Waals surface area contributed by atoms with Crippen LogP contribution in [0.15, 0.2) is 36.4 Å². The number of benzene rings is 1. The SMILES string of the molecule is C=C(CO)C(=O)OCC(COC)C1CCC(C(F)(F)Oc2ccc(CCCCC)cc2)CC1. The Hall–Kier alpha value is -1.99. The molecule has 0 heterocycles. The lowest BCUT2D eigenvalue weighted by Crippen LogP contribution is -2.39. The van der Waals surface area contributed by atoms with Gasteiger partial charge in [0, 0.05) is 13.0 Å². The number of alkyl halides is 2. The van der Waals surface area contributed by atoms with Crippen molar-refractivity contribution in [3.63, 3.8) is 0 Å². The third-order valence-corrected chi connectivity index (χ3v) is 6.45. The number of methoxy groups -OCH3 is 1. The van der Waals surface area contributed by atoms with Crippen LogP contribution in [0.5, 0.6) is 5.75 Å². The minimum Gasteiger partial charge on any atom is -0.462 e. The lowest BCUT2D eigenvalue weighted by atomic mass is 9.75. The number of hydrogen-bond donors (Lipinski definition) is 1. The van der Waals surface area contributed by atoms with Crippen LogP contribution in [0.25, 0.3) is 0 Å². The summed E-state index contributed by atoms with van der Waals surface area (Å²) in [6, 6.07) is 6.98. The van der Waals surface area contributed by atoms with Crippen LogP contribution in [0.1, 0.15) is 57.4 Å². The summed E-state index contributed by atoms with van der Waals surface area (Å²) < 4.78 is 45.3. The van der Waals surface area contributed by atoms with E-state index in [4.69, 9.17) is 19.3 Å². The molecule has 186 valence electrons. The maximum absolute atomic E-state index is 14.9. The van der Waals surface area contributed by atoms with Crippen LogP contribution < -0.4 is 4.74 Å². The van der Waals surface area contributed by atoms with Gasteiger partial charge in [0.1, 0.15) is 5.75 Å². The predicted molar refractivity (Wildman–Crippen MR) is 123 cm³/mol. The molecule has 1 atom stereocenters. The van der Waals surface area contributed by atoms with E-state index in [1.807, 2.05) is 12.1 Å². The van der Waals surface area contributed by atoms with Gasteiger partial charge < -0.3 is 19.3 Å². The number of aliphatic hydroxyl groups excluding tert-OH is 1. The summed E-state index contributed by atoms with van der Waals surface area (Å²) in [6.07, 6.45) is 2.90. The molecule has 7 heteroatoms. The second-order valence-corrected chi connectivity index (χ2v) is 8.95. The molecule has 1 aliphatic carbocycles. The average molecular weight is 469 g/mol. The largest absolute Gasteiger partial charge is 0.462 e. The first kappa shape index (κ1) is 27.3. The molecule has 0 saturated heterocycles. The average Bonchev–Trinajstić information content (AvgIpc) is 2.82. The zero-order chi connectivity index (χ0) is 24.3. The summed E-state index contributed by atoms with van der Waals surface area (Å²) >= 11 is 0. The molecule has 1 saturated carbocycles. The quantitative estimate of drug-likeness (QED) is 0.220. The van der Waals surface area contributed by atoms with Crippen LogP contribution in [0, 0.1) is 17.8 Å². The Kier molecular flexibility index (Phi) is 11.3. The number of esters is 1. The first-order valence-electron chi connectivity index (χ1n) is 11.9.